The number of esters is 1. The number of allylic oxidation sites excluding steroid dienone is 1. The van der Waals surface area contributed by atoms with Crippen molar-refractivity contribution in [2.24, 2.45) is 11.3 Å². The number of nitrogens with zero attached hydrogens (tertiary/aromatic N) is 1. The van der Waals surface area contributed by atoms with E-state index in [9.17, 15) is 4.79 Å². The van der Waals surface area contributed by atoms with Gasteiger partial charge in [-0.3, -0.25) is 4.79 Å². The standard InChI is InChI=1S/C10H13NO3/c1-10(2)4-8(10)9(12)14-6-7(5-11)13-3/h6,8H,4H2,1-3H3. The maximum atomic E-state index is 11.3. The van der Waals surface area contributed by atoms with Gasteiger partial charge < -0.3 is 9.47 Å². The Bertz CT molecular complexity index is 312. The van der Waals surface area contributed by atoms with Crippen molar-refractivity contribution in [2.45, 2.75) is 20.3 Å². The zero-order valence-corrected chi connectivity index (χ0v) is 8.53. The van der Waals surface area contributed by atoms with Crippen LogP contribution in [0.3, 0.4) is 0 Å². The largest absolute Gasteiger partial charge is 0.485 e. The minimum absolute atomic E-state index is 0.00296. The molecule has 1 unspecified atom stereocenters. The molecule has 0 N–H and O–H groups in total. The van der Waals surface area contributed by atoms with Gasteiger partial charge in [0, 0.05) is 0 Å². The maximum Gasteiger partial charge on any atom is 0.314 e. The van der Waals surface area contributed by atoms with Gasteiger partial charge in [0.1, 0.15) is 12.3 Å². The molecule has 0 saturated heterocycles. The summed E-state index contributed by atoms with van der Waals surface area (Å²) in [5.74, 6) is -0.341. The van der Waals surface area contributed by atoms with Crippen LogP contribution >= 0.6 is 0 Å². The fraction of sp³-hybridized carbons (Fsp3) is 0.600. The van der Waals surface area contributed by atoms with Crippen LogP contribution in [-0.2, 0) is 14.3 Å². The highest BCUT2D eigenvalue weighted by molar-refractivity contribution is 5.77. The van der Waals surface area contributed by atoms with Crippen LogP contribution in [0.1, 0.15) is 20.3 Å². The molecule has 1 rings (SSSR count). The van der Waals surface area contributed by atoms with Gasteiger partial charge >= 0.3 is 5.97 Å². The Hall–Kier alpha value is -1.50. The average molecular weight is 195 g/mol. The van der Waals surface area contributed by atoms with E-state index < -0.39 is 0 Å². The fourth-order valence-corrected chi connectivity index (χ4v) is 1.18. The molecule has 0 aromatic rings. The quantitative estimate of drug-likeness (QED) is 0.390. The number of ether oxygens (including phenoxy) is 2. The van der Waals surface area contributed by atoms with Crippen molar-refractivity contribution >= 4 is 5.97 Å². The maximum absolute atomic E-state index is 11.3. The number of hydrogen-bond acceptors (Lipinski definition) is 4. The molecule has 1 fully saturated rings. The third-order valence-electron chi connectivity index (χ3n) is 2.41. The molecule has 0 aromatic carbocycles. The lowest BCUT2D eigenvalue weighted by Crippen LogP contribution is -2.07. The van der Waals surface area contributed by atoms with Crippen molar-refractivity contribution in [1.82, 2.24) is 0 Å². The highest BCUT2D eigenvalue weighted by Gasteiger charge is 2.51. The van der Waals surface area contributed by atoms with Crippen LogP contribution in [-0.4, -0.2) is 13.1 Å². The molecule has 4 nitrogen and oxygen atoms in total. The van der Waals surface area contributed by atoms with Gasteiger partial charge in [-0.05, 0) is 11.8 Å². The third-order valence-corrected chi connectivity index (χ3v) is 2.41. The average Bonchev–Trinajstić information content (AvgIpc) is 2.77. The molecule has 0 radical (unpaired) electrons. The van der Waals surface area contributed by atoms with E-state index in [1.54, 1.807) is 6.07 Å². The second kappa shape index (κ2) is 3.70. The smallest absolute Gasteiger partial charge is 0.314 e. The van der Waals surface area contributed by atoms with Gasteiger partial charge in [-0.2, -0.15) is 5.26 Å². The topological polar surface area (TPSA) is 59.3 Å². The molecular weight excluding hydrogens is 182 g/mol. The summed E-state index contributed by atoms with van der Waals surface area (Å²) in [4.78, 5) is 11.3. The Kier molecular flexibility index (Phi) is 2.80. The van der Waals surface area contributed by atoms with Crippen molar-refractivity contribution in [1.29, 1.82) is 5.26 Å². The van der Waals surface area contributed by atoms with Gasteiger partial charge in [0.25, 0.3) is 0 Å². The number of carbonyl (C=O) groups excluding carboxylic acids is 1. The van der Waals surface area contributed by atoms with Crippen LogP contribution in [0.25, 0.3) is 0 Å². The first-order chi connectivity index (χ1) is 6.51. The van der Waals surface area contributed by atoms with Crippen molar-refractivity contribution in [3.05, 3.63) is 12.0 Å². The predicted octanol–water partition coefficient (Wildman–Crippen LogP) is 1.59. The molecule has 0 bridgehead atoms. The third kappa shape index (κ3) is 2.25. The number of hydrogen-bond donors (Lipinski definition) is 0. The van der Waals surface area contributed by atoms with Crippen LogP contribution in [0.2, 0.25) is 0 Å². The molecule has 1 saturated carbocycles. The normalized spacial score (nSPS) is 23.6. The molecule has 1 atom stereocenters. The molecule has 1 aliphatic rings. The fourth-order valence-electron chi connectivity index (χ4n) is 1.18. The second-order valence-electron chi connectivity index (χ2n) is 3.98. The Balaban J connectivity index is 2.44. The van der Waals surface area contributed by atoms with E-state index in [1.165, 1.54) is 7.11 Å². The summed E-state index contributed by atoms with van der Waals surface area (Å²) in [6.45, 7) is 4.01. The molecule has 1 aliphatic carbocycles. The highest BCUT2D eigenvalue weighted by atomic mass is 16.5. The van der Waals surface area contributed by atoms with Crippen LogP contribution in [0.5, 0.6) is 0 Å². The van der Waals surface area contributed by atoms with Gasteiger partial charge in [-0.25, -0.2) is 0 Å². The van der Waals surface area contributed by atoms with Crippen LogP contribution in [0.4, 0.5) is 0 Å². The van der Waals surface area contributed by atoms with Gasteiger partial charge in [0.2, 0.25) is 5.76 Å². The number of methoxy groups -OCH3 is 1. The molecule has 76 valence electrons. The number of carbonyl (C=O) groups is 1. The number of nitriles is 1. The summed E-state index contributed by atoms with van der Waals surface area (Å²) in [7, 11) is 1.35. The van der Waals surface area contributed by atoms with Crippen molar-refractivity contribution < 1.29 is 14.3 Å². The second-order valence-corrected chi connectivity index (χ2v) is 3.98. The zero-order chi connectivity index (χ0) is 10.8. The Morgan fingerprint density at radius 1 is 1.64 bits per heavy atom. The summed E-state index contributed by atoms with van der Waals surface area (Å²) in [5, 5.41) is 8.46. The van der Waals surface area contributed by atoms with Gasteiger partial charge in [0.15, 0.2) is 0 Å². The molecule has 0 amide bonds. The van der Waals surface area contributed by atoms with E-state index in [-0.39, 0.29) is 23.1 Å². The Labute approximate surface area is 83.1 Å². The highest BCUT2D eigenvalue weighted by Crippen LogP contribution is 2.52. The Morgan fingerprint density at radius 3 is 2.57 bits per heavy atom. The first-order valence-corrected chi connectivity index (χ1v) is 4.36. The van der Waals surface area contributed by atoms with E-state index in [4.69, 9.17) is 10.00 Å². The first kappa shape index (κ1) is 10.6. The monoisotopic (exact) mass is 195 g/mol. The summed E-state index contributed by atoms with van der Waals surface area (Å²) >= 11 is 0. The molecule has 0 aromatic heterocycles. The summed E-state index contributed by atoms with van der Waals surface area (Å²) < 4.78 is 9.42. The summed E-state index contributed by atoms with van der Waals surface area (Å²) in [6, 6.07) is 1.75. The Morgan fingerprint density at radius 2 is 2.21 bits per heavy atom. The minimum atomic E-state index is -0.292. The van der Waals surface area contributed by atoms with Gasteiger partial charge in [-0.15, -0.1) is 0 Å². The summed E-state index contributed by atoms with van der Waals surface area (Å²) in [5.41, 5.74) is 0.0464. The molecule has 0 aliphatic heterocycles. The van der Waals surface area contributed by atoms with Gasteiger partial charge in [-0.1, -0.05) is 13.8 Å². The molecule has 14 heavy (non-hydrogen) atoms. The van der Waals surface area contributed by atoms with Gasteiger partial charge in [0.05, 0.1) is 13.0 Å². The lowest BCUT2D eigenvalue weighted by molar-refractivity contribution is -0.140. The van der Waals surface area contributed by atoms with E-state index in [2.05, 4.69) is 4.74 Å². The van der Waals surface area contributed by atoms with Crippen molar-refractivity contribution in [2.75, 3.05) is 7.11 Å². The van der Waals surface area contributed by atoms with Crippen LogP contribution < -0.4 is 0 Å². The minimum Gasteiger partial charge on any atom is -0.485 e. The summed E-state index contributed by atoms with van der Waals surface area (Å²) in [6.07, 6.45) is 1.89. The SMILES string of the molecule is COC(C#N)=COC(=O)C1CC1(C)C. The zero-order valence-electron chi connectivity index (χ0n) is 8.53. The molecule has 0 spiro atoms. The lowest BCUT2D eigenvalue weighted by Gasteiger charge is -2.01. The van der Waals surface area contributed by atoms with E-state index in [0.29, 0.717) is 0 Å². The van der Waals surface area contributed by atoms with Crippen LogP contribution in [0, 0.1) is 22.7 Å². The van der Waals surface area contributed by atoms with Crippen molar-refractivity contribution in [3.63, 3.8) is 0 Å². The van der Waals surface area contributed by atoms with E-state index >= 15 is 0 Å². The molecule has 0 heterocycles. The van der Waals surface area contributed by atoms with Crippen LogP contribution in [0.15, 0.2) is 12.0 Å². The predicted molar refractivity (Wildman–Crippen MR) is 48.7 cm³/mol. The van der Waals surface area contributed by atoms with E-state index in [0.717, 1.165) is 12.7 Å². The number of rotatable bonds is 3. The molecule has 4 heteroatoms. The molecular formula is C10H13NO3. The lowest BCUT2D eigenvalue weighted by atomic mass is 10.1. The van der Waals surface area contributed by atoms with Crippen molar-refractivity contribution in [3.8, 4) is 6.07 Å². The first-order valence-electron chi connectivity index (χ1n) is 4.36. The van der Waals surface area contributed by atoms with E-state index in [1.807, 2.05) is 13.8 Å².